The van der Waals surface area contributed by atoms with E-state index in [2.05, 4.69) is 10.3 Å². The smallest absolute Gasteiger partial charge is 0.307 e. The summed E-state index contributed by atoms with van der Waals surface area (Å²) in [6, 6.07) is 20.3. The number of benzene rings is 2. The highest BCUT2D eigenvalue weighted by Crippen LogP contribution is 2.19. The molecule has 166 valence electrons. The number of ether oxygens (including phenoxy) is 1. The molecule has 0 saturated heterocycles. The van der Waals surface area contributed by atoms with Gasteiger partial charge in [-0.3, -0.25) is 9.59 Å². The van der Waals surface area contributed by atoms with Crippen LogP contribution in [-0.2, 0) is 11.2 Å². The molecule has 0 aliphatic rings. The number of carboxylic acids is 1. The number of nitrogens with zero attached hydrogens (tertiary/aromatic N) is 1. The highest BCUT2D eigenvalue weighted by Gasteiger charge is 2.22. The molecule has 0 spiro atoms. The SMILES string of the molecule is Cc1ccc(C(=O)CC(Cc2ccc(OCCCNc3ccccn3)cc2)C(=O)O)cc1. The van der Waals surface area contributed by atoms with Crippen LogP contribution in [0.2, 0.25) is 0 Å². The van der Waals surface area contributed by atoms with Crippen LogP contribution in [0.3, 0.4) is 0 Å². The quantitative estimate of drug-likeness (QED) is 0.316. The molecule has 1 heterocycles. The second kappa shape index (κ2) is 11.6. The number of aryl methyl sites for hydroxylation is 1. The van der Waals surface area contributed by atoms with Crippen LogP contribution in [0.1, 0.15) is 34.3 Å². The van der Waals surface area contributed by atoms with Gasteiger partial charge in [0.05, 0.1) is 12.5 Å². The lowest BCUT2D eigenvalue weighted by molar-refractivity contribution is -0.141. The van der Waals surface area contributed by atoms with Crippen molar-refractivity contribution < 1.29 is 19.4 Å². The molecule has 0 aliphatic carbocycles. The molecular weight excluding hydrogens is 404 g/mol. The van der Waals surface area contributed by atoms with Gasteiger partial charge >= 0.3 is 5.97 Å². The molecule has 3 rings (SSSR count). The number of aromatic nitrogens is 1. The Morgan fingerprint density at radius 3 is 2.44 bits per heavy atom. The fourth-order valence-electron chi connectivity index (χ4n) is 3.28. The molecule has 2 N–H and O–H groups in total. The van der Waals surface area contributed by atoms with Gasteiger partial charge in [-0.05, 0) is 49.6 Å². The number of rotatable bonds is 12. The molecule has 1 atom stereocenters. The maximum atomic E-state index is 12.5. The van der Waals surface area contributed by atoms with Crippen molar-refractivity contribution in [3.63, 3.8) is 0 Å². The number of hydrogen-bond acceptors (Lipinski definition) is 5. The Morgan fingerprint density at radius 1 is 1.03 bits per heavy atom. The van der Waals surface area contributed by atoms with E-state index >= 15 is 0 Å². The molecule has 32 heavy (non-hydrogen) atoms. The Balaban J connectivity index is 1.45. The molecule has 2 aromatic carbocycles. The Morgan fingerprint density at radius 2 is 1.78 bits per heavy atom. The summed E-state index contributed by atoms with van der Waals surface area (Å²) in [4.78, 5) is 28.4. The summed E-state index contributed by atoms with van der Waals surface area (Å²) in [7, 11) is 0. The molecule has 6 heteroatoms. The average Bonchev–Trinajstić information content (AvgIpc) is 2.80. The maximum absolute atomic E-state index is 12.5. The third-order valence-electron chi connectivity index (χ3n) is 5.12. The van der Waals surface area contributed by atoms with Crippen LogP contribution < -0.4 is 10.1 Å². The van der Waals surface area contributed by atoms with Crippen LogP contribution in [0.5, 0.6) is 5.75 Å². The van der Waals surface area contributed by atoms with E-state index in [9.17, 15) is 14.7 Å². The van der Waals surface area contributed by atoms with Gasteiger partial charge in [0, 0.05) is 24.7 Å². The van der Waals surface area contributed by atoms with E-state index in [0.29, 0.717) is 18.6 Å². The van der Waals surface area contributed by atoms with Gasteiger partial charge in [0.15, 0.2) is 5.78 Å². The van der Waals surface area contributed by atoms with Gasteiger partial charge < -0.3 is 15.2 Å². The third kappa shape index (κ3) is 7.23. The molecule has 0 bridgehead atoms. The lowest BCUT2D eigenvalue weighted by Gasteiger charge is -2.13. The minimum absolute atomic E-state index is 0.0279. The topological polar surface area (TPSA) is 88.5 Å². The summed E-state index contributed by atoms with van der Waals surface area (Å²) < 4.78 is 5.75. The second-order valence-corrected chi connectivity index (χ2v) is 7.72. The highest BCUT2D eigenvalue weighted by molar-refractivity contribution is 5.98. The summed E-state index contributed by atoms with van der Waals surface area (Å²) in [5.41, 5.74) is 2.46. The molecule has 0 fully saturated rings. The van der Waals surface area contributed by atoms with Gasteiger partial charge in [0.25, 0.3) is 0 Å². The zero-order valence-corrected chi connectivity index (χ0v) is 18.2. The second-order valence-electron chi connectivity index (χ2n) is 7.72. The number of carbonyl (C=O) groups excluding carboxylic acids is 1. The lowest BCUT2D eigenvalue weighted by Crippen LogP contribution is -2.20. The zero-order chi connectivity index (χ0) is 22.8. The monoisotopic (exact) mass is 432 g/mol. The predicted molar refractivity (Wildman–Crippen MR) is 124 cm³/mol. The first-order valence-electron chi connectivity index (χ1n) is 10.7. The Kier molecular flexibility index (Phi) is 8.37. The van der Waals surface area contributed by atoms with Crippen molar-refractivity contribution in [2.75, 3.05) is 18.5 Å². The Labute approximate surface area is 188 Å². The summed E-state index contributed by atoms with van der Waals surface area (Å²) in [6.07, 6.45) is 2.83. The fourth-order valence-corrected chi connectivity index (χ4v) is 3.28. The lowest BCUT2D eigenvalue weighted by atomic mass is 9.92. The van der Waals surface area contributed by atoms with Gasteiger partial charge in [-0.25, -0.2) is 4.98 Å². The summed E-state index contributed by atoms with van der Waals surface area (Å²) in [5, 5.41) is 12.8. The normalized spacial score (nSPS) is 11.5. The van der Waals surface area contributed by atoms with E-state index in [0.717, 1.165) is 35.7 Å². The Bertz CT molecular complexity index is 1000. The number of nitrogens with one attached hydrogen (secondary N) is 1. The van der Waals surface area contributed by atoms with Crippen molar-refractivity contribution in [1.82, 2.24) is 4.98 Å². The maximum Gasteiger partial charge on any atom is 0.307 e. The summed E-state index contributed by atoms with van der Waals surface area (Å²) >= 11 is 0. The van der Waals surface area contributed by atoms with Crippen molar-refractivity contribution in [2.45, 2.75) is 26.2 Å². The predicted octanol–water partition coefficient (Wildman–Crippen LogP) is 4.79. The molecule has 1 unspecified atom stereocenters. The van der Waals surface area contributed by atoms with Crippen molar-refractivity contribution in [3.05, 3.63) is 89.6 Å². The number of Topliss-reactive ketones (excluding diaryl/α,β-unsaturated/α-hetero) is 1. The zero-order valence-electron chi connectivity index (χ0n) is 18.2. The number of anilines is 1. The first-order valence-corrected chi connectivity index (χ1v) is 10.7. The first kappa shape index (κ1) is 23.0. The van der Waals surface area contributed by atoms with Crippen molar-refractivity contribution in [3.8, 4) is 5.75 Å². The minimum Gasteiger partial charge on any atom is -0.494 e. The van der Waals surface area contributed by atoms with Crippen LogP contribution in [0.4, 0.5) is 5.82 Å². The van der Waals surface area contributed by atoms with Crippen LogP contribution >= 0.6 is 0 Å². The van der Waals surface area contributed by atoms with E-state index in [1.54, 1.807) is 18.3 Å². The summed E-state index contributed by atoms with van der Waals surface area (Å²) in [5.74, 6) is -0.323. The largest absolute Gasteiger partial charge is 0.494 e. The highest BCUT2D eigenvalue weighted by atomic mass is 16.5. The van der Waals surface area contributed by atoms with Crippen molar-refractivity contribution in [1.29, 1.82) is 0 Å². The van der Waals surface area contributed by atoms with E-state index in [-0.39, 0.29) is 12.2 Å². The molecule has 0 aliphatic heterocycles. The number of carboxylic acid groups (broad SMARTS) is 1. The number of carbonyl (C=O) groups is 2. The number of aliphatic carboxylic acids is 1. The number of pyridine rings is 1. The molecule has 3 aromatic rings. The van der Waals surface area contributed by atoms with E-state index in [4.69, 9.17) is 4.74 Å². The minimum atomic E-state index is -0.966. The number of ketones is 1. The summed E-state index contributed by atoms with van der Waals surface area (Å²) in [6.45, 7) is 3.26. The fraction of sp³-hybridized carbons (Fsp3) is 0.269. The first-order chi connectivity index (χ1) is 15.5. The molecule has 0 amide bonds. The van der Waals surface area contributed by atoms with Gasteiger partial charge in [-0.15, -0.1) is 0 Å². The van der Waals surface area contributed by atoms with Gasteiger partial charge in [-0.2, -0.15) is 0 Å². The van der Waals surface area contributed by atoms with Crippen LogP contribution in [0.25, 0.3) is 0 Å². The molecular formula is C26H28N2O4. The molecule has 0 saturated carbocycles. The van der Waals surface area contributed by atoms with Crippen molar-refractivity contribution in [2.24, 2.45) is 5.92 Å². The van der Waals surface area contributed by atoms with Gasteiger partial charge in [0.2, 0.25) is 0 Å². The van der Waals surface area contributed by atoms with Crippen LogP contribution in [0, 0.1) is 12.8 Å². The number of hydrogen-bond donors (Lipinski definition) is 2. The molecule has 1 aromatic heterocycles. The van der Waals surface area contributed by atoms with Crippen LogP contribution in [0.15, 0.2) is 72.9 Å². The van der Waals surface area contributed by atoms with E-state index in [1.165, 1.54) is 0 Å². The molecule has 6 nitrogen and oxygen atoms in total. The third-order valence-corrected chi connectivity index (χ3v) is 5.12. The van der Waals surface area contributed by atoms with E-state index < -0.39 is 11.9 Å². The van der Waals surface area contributed by atoms with E-state index in [1.807, 2.05) is 61.5 Å². The van der Waals surface area contributed by atoms with Crippen LogP contribution in [-0.4, -0.2) is 35.0 Å². The van der Waals surface area contributed by atoms with Crippen molar-refractivity contribution >= 4 is 17.6 Å². The average molecular weight is 433 g/mol. The standard InChI is InChI=1S/C26H28N2O4/c1-19-6-10-21(11-7-19)24(29)18-22(26(30)31)17-20-8-12-23(13-9-20)32-16-4-15-28-25-5-2-3-14-27-25/h2-3,5-14,22H,4,15-18H2,1H3,(H,27,28)(H,30,31). The van der Waals surface area contributed by atoms with Gasteiger partial charge in [-0.1, -0.05) is 48.0 Å². The molecule has 0 radical (unpaired) electrons. The Hall–Kier alpha value is -3.67. The van der Waals surface area contributed by atoms with Gasteiger partial charge in [0.1, 0.15) is 11.6 Å².